The number of piperidine rings is 1. The molecule has 170 valence electrons. The lowest BCUT2D eigenvalue weighted by molar-refractivity contribution is -0.131. The van der Waals surface area contributed by atoms with Crippen molar-refractivity contribution in [2.24, 2.45) is 5.92 Å². The number of Topliss-reactive ketones (excluding diaryl/α,β-unsaturated/α-hetero) is 1. The third kappa shape index (κ3) is 4.49. The molecule has 0 saturated carbocycles. The molecule has 0 atom stereocenters. The first-order chi connectivity index (χ1) is 16.1. The molecule has 0 bridgehead atoms. The normalized spacial score (nSPS) is 16.0. The smallest absolute Gasteiger partial charge is 0.228 e. The van der Waals surface area contributed by atoms with Gasteiger partial charge in [0.25, 0.3) is 0 Å². The van der Waals surface area contributed by atoms with Crippen LogP contribution in [0.25, 0.3) is 11.5 Å². The molecule has 33 heavy (non-hydrogen) atoms. The van der Waals surface area contributed by atoms with E-state index >= 15 is 0 Å². The number of carbonyl (C=O) groups excluding carboxylic acids is 2. The lowest BCUT2D eigenvalue weighted by atomic mass is 9.88. The second-order valence-electron chi connectivity index (χ2n) is 8.44. The van der Waals surface area contributed by atoms with Crippen LogP contribution < -0.4 is 9.47 Å². The number of likely N-dealkylation sites (tertiary alicyclic amines) is 1. The van der Waals surface area contributed by atoms with E-state index < -0.39 is 0 Å². The van der Waals surface area contributed by atoms with Gasteiger partial charge >= 0.3 is 0 Å². The number of fused-ring (bicyclic) bond motifs is 1. The zero-order valence-corrected chi connectivity index (χ0v) is 18.6. The minimum atomic E-state index is -0.102. The SMILES string of the molecule is Cc1oc(-c2ccccc2)nc1CC(=O)N1CCC(C(=O)c2ccc3c(c2)OCCO3)CC1. The molecule has 3 aromatic rings. The van der Waals surface area contributed by atoms with Crippen LogP contribution >= 0.6 is 0 Å². The minimum Gasteiger partial charge on any atom is -0.486 e. The van der Waals surface area contributed by atoms with Crippen LogP contribution in [0.15, 0.2) is 52.9 Å². The van der Waals surface area contributed by atoms with E-state index in [9.17, 15) is 9.59 Å². The molecule has 7 nitrogen and oxygen atoms in total. The molecule has 0 N–H and O–H groups in total. The van der Waals surface area contributed by atoms with Crippen molar-refractivity contribution in [1.82, 2.24) is 9.88 Å². The summed E-state index contributed by atoms with van der Waals surface area (Å²) in [5.74, 6) is 2.49. The summed E-state index contributed by atoms with van der Waals surface area (Å²) in [6.07, 6.45) is 1.49. The third-order valence-corrected chi connectivity index (χ3v) is 6.28. The summed E-state index contributed by atoms with van der Waals surface area (Å²) in [5, 5.41) is 0. The highest BCUT2D eigenvalue weighted by atomic mass is 16.6. The van der Waals surface area contributed by atoms with Crippen LogP contribution in [0.4, 0.5) is 0 Å². The van der Waals surface area contributed by atoms with Gasteiger partial charge in [0, 0.05) is 30.1 Å². The minimum absolute atomic E-state index is 0.0104. The lowest BCUT2D eigenvalue weighted by Gasteiger charge is -2.31. The number of hydrogen-bond acceptors (Lipinski definition) is 6. The van der Waals surface area contributed by atoms with Gasteiger partial charge in [0.05, 0.1) is 12.1 Å². The average molecular weight is 447 g/mol. The summed E-state index contributed by atoms with van der Waals surface area (Å²) < 4.78 is 16.9. The van der Waals surface area contributed by atoms with Crippen LogP contribution in [-0.4, -0.2) is 47.9 Å². The molecule has 0 spiro atoms. The molecule has 0 aliphatic carbocycles. The van der Waals surface area contributed by atoms with Gasteiger partial charge in [-0.25, -0.2) is 4.98 Å². The highest BCUT2D eigenvalue weighted by molar-refractivity contribution is 5.98. The van der Waals surface area contributed by atoms with Crippen molar-refractivity contribution in [3.63, 3.8) is 0 Å². The van der Waals surface area contributed by atoms with Crippen molar-refractivity contribution in [3.8, 4) is 23.0 Å². The number of aromatic nitrogens is 1. The number of amides is 1. The van der Waals surface area contributed by atoms with Gasteiger partial charge in [0.1, 0.15) is 19.0 Å². The molecule has 1 amide bonds. The Hall–Kier alpha value is -3.61. The summed E-state index contributed by atoms with van der Waals surface area (Å²) in [5.41, 5.74) is 2.18. The fourth-order valence-electron chi connectivity index (χ4n) is 4.37. The second-order valence-corrected chi connectivity index (χ2v) is 8.44. The molecule has 5 rings (SSSR count). The van der Waals surface area contributed by atoms with Crippen molar-refractivity contribution in [2.45, 2.75) is 26.2 Å². The molecular weight excluding hydrogens is 420 g/mol. The average Bonchev–Trinajstić information content (AvgIpc) is 3.24. The maximum Gasteiger partial charge on any atom is 0.228 e. The van der Waals surface area contributed by atoms with E-state index in [0.717, 1.165) is 5.56 Å². The largest absolute Gasteiger partial charge is 0.486 e. The molecule has 2 aliphatic heterocycles. The monoisotopic (exact) mass is 446 g/mol. The Balaban J connectivity index is 1.19. The first kappa shape index (κ1) is 21.2. The number of ether oxygens (including phenoxy) is 2. The fraction of sp³-hybridized carbons (Fsp3) is 0.346. The Kier molecular flexibility index (Phi) is 5.86. The van der Waals surface area contributed by atoms with Gasteiger partial charge in [-0.05, 0) is 50.1 Å². The number of nitrogens with zero attached hydrogens (tertiary/aromatic N) is 2. The van der Waals surface area contributed by atoms with Crippen LogP contribution in [0, 0.1) is 12.8 Å². The van der Waals surface area contributed by atoms with Crippen molar-refractivity contribution in [2.75, 3.05) is 26.3 Å². The molecule has 2 aliphatic rings. The van der Waals surface area contributed by atoms with Crippen molar-refractivity contribution in [3.05, 3.63) is 65.5 Å². The highest BCUT2D eigenvalue weighted by Gasteiger charge is 2.29. The fourth-order valence-corrected chi connectivity index (χ4v) is 4.37. The molecule has 2 aromatic carbocycles. The van der Waals surface area contributed by atoms with Gasteiger partial charge in [-0.1, -0.05) is 18.2 Å². The van der Waals surface area contributed by atoms with Crippen LogP contribution in [0.3, 0.4) is 0 Å². The third-order valence-electron chi connectivity index (χ3n) is 6.28. The van der Waals surface area contributed by atoms with E-state index in [0.29, 0.717) is 73.6 Å². The van der Waals surface area contributed by atoms with Gasteiger partial charge in [0.2, 0.25) is 11.8 Å². The van der Waals surface area contributed by atoms with Crippen molar-refractivity contribution in [1.29, 1.82) is 0 Å². The second kappa shape index (κ2) is 9.10. The molecule has 1 aromatic heterocycles. The number of aryl methyl sites for hydroxylation is 1. The standard InChI is InChI=1S/C26H26N2O5/c1-17-21(27-26(33-17)19-5-3-2-4-6-19)16-24(29)28-11-9-18(10-12-28)25(30)20-7-8-22-23(15-20)32-14-13-31-22/h2-8,15,18H,9-14,16H2,1H3. The predicted molar refractivity (Wildman–Crippen MR) is 121 cm³/mol. The van der Waals surface area contributed by atoms with Gasteiger partial charge < -0.3 is 18.8 Å². The van der Waals surface area contributed by atoms with Gasteiger partial charge in [-0.3, -0.25) is 9.59 Å². The first-order valence-electron chi connectivity index (χ1n) is 11.3. The summed E-state index contributed by atoms with van der Waals surface area (Å²) in [7, 11) is 0. The van der Waals surface area contributed by atoms with Crippen molar-refractivity contribution < 1.29 is 23.5 Å². The lowest BCUT2D eigenvalue weighted by Crippen LogP contribution is -2.41. The maximum absolute atomic E-state index is 13.0. The highest BCUT2D eigenvalue weighted by Crippen LogP contribution is 2.32. The molecule has 1 fully saturated rings. The number of carbonyl (C=O) groups is 2. The van der Waals surface area contributed by atoms with E-state index in [1.807, 2.05) is 42.2 Å². The number of ketones is 1. The number of rotatable bonds is 5. The number of hydrogen-bond donors (Lipinski definition) is 0. The molecular formula is C26H26N2O5. The topological polar surface area (TPSA) is 81.9 Å². The van der Waals surface area contributed by atoms with E-state index in [1.54, 1.807) is 18.2 Å². The van der Waals surface area contributed by atoms with E-state index in [4.69, 9.17) is 13.9 Å². The quantitative estimate of drug-likeness (QED) is 0.549. The molecule has 3 heterocycles. The Morgan fingerprint density at radius 2 is 1.73 bits per heavy atom. The maximum atomic E-state index is 13.0. The van der Waals surface area contributed by atoms with Crippen molar-refractivity contribution >= 4 is 11.7 Å². The molecule has 7 heteroatoms. The zero-order valence-electron chi connectivity index (χ0n) is 18.6. The van der Waals surface area contributed by atoms with Crippen LogP contribution in [0.1, 0.15) is 34.7 Å². The molecule has 0 radical (unpaired) electrons. The van der Waals surface area contributed by atoms with Gasteiger partial charge in [-0.15, -0.1) is 0 Å². The van der Waals surface area contributed by atoms with E-state index in [2.05, 4.69) is 4.98 Å². The van der Waals surface area contributed by atoms with E-state index in [1.165, 1.54) is 0 Å². The number of benzene rings is 2. The Bertz CT molecular complexity index is 1160. The summed E-state index contributed by atoms with van der Waals surface area (Å²) in [6, 6.07) is 15.0. The molecule has 0 unspecified atom stereocenters. The summed E-state index contributed by atoms with van der Waals surface area (Å²) in [6.45, 7) is 3.96. The Morgan fingerprint density at radius 1 is 1.00 bits per heavy atom. The van der Waals surface area contributed by atoms with Gasteiger partial charge in [0.15, 0.2) is 17.3 Å². The van der Waals surface area contributed by atoms with E-state index in [-0.39, 0.29) is 24.0 Å². The Labute approximate surface area is 192 Å². The summed E-state index contributed by atoms with van der Waals surface area (Å²) >= 11 is 0. The van der Waals surface area contributed by atoms with Crippen LogP contribution in [-0.2, 0) is 11.2 Å². The summed E-state index contributed by atoms with van der Waals surface area (Å²) in [4.78, 5) is 32.3. The Morgan fingerprint density at radius 3 is 2.48 bits per heavy atom. The first-order valence-corrected chi connectivity index (χ1v) is 11.3. The van der Waals surface area contributed by atoms with Crippen LogP contribution in [0.2, 0.25) is 0 Å². The predicted octanol–water partition coefficient (Wildman–Crippen LogP) is 4.09. The van der Waals surface area contributed by atoms with Crippen LogP contribution in [0.5, 0.6) is 11.5 Å². The molecule has 1 saturated heterocycles. The zero-order chi connectivity index (χ0) is 22.8. The number of oxazole rings is 1. The van der Waals surface area contributed by atoms with Gasteiger partial charge in [-0.2, -0.15) is 0 Å².